The lowest BCUT2D eigenvalue weighted by molar-refractivity contribution is -0.944. The van der Waals surface area contributed by atoms with Gasteiger partial charge in [0, 0.05) is 6.42 Å². The van der Waals surface area contributed by atoms with Gasteiger partial charge in [0.25, 0.3) is 0 Å². The van der Waals surface area contributed by atoms with E-state index in [2.05, 4.69) is 6.08 Å². The van der Waals surface area contributed by atoms with E-state index < -0.39 is 18.1 Å². The molecule has 0 fully saturated rings. The third-order valence-electron chi connectivity index (χ3n) is 4.30. The summed E-state index contributed by atoms with van der Waals surface area (Å²) in [5.41, 5.74) is 0. The fraction of sp³-hybridized carbons (Fsp3) is 0.812. The van der Waals surface area contributed by atoms with Gasteiger partial charge >= 0.3 is 0 Å². The van der Waals surface area contributed by atoms with Crippen LogP contribution in [0, 0.1) is 0 Å². The predicted molar refractivity (Wildman–Crippen MR) is 80.0 cm³/mol. The SMILES string of the molecule is C/C=C/CCCC(O)C[N+](CC)(CC)C(CC)C(=O)[O-]. The minimum atomic E-state index is -1.00. The van der Waals surface area contributed by atoms with E-state index in [1.165, 1.54) is 0 Å². The Morgan fingerprint density at radius 1 is 1.30 bits per heavy atom. The number of nitrogens with zero attached hydrogens (tertiary/aromatic N) is 1. The number of carboxylic acids is 1. The Hall–Kier alpha value is -0.870. The molecular weight excluding hydrogens is 254 g/mol. The van der Waals surface area contributed by atoms with Crippen LogP contribution in [0.25, 0.3) is 0 Å². The molecule has 1 N–H and O–H groups in total. The molecule has 0 aliphatic carbocycles. The summed E-state index contributed by atoms with van der Waals surface area (Å²) in [6.07, 6.45) is 6.79. The van der Waals surface area contributed by atoms with E-state index in [-0.39, 0.29) is 0 Å². The lowest BCUT2D eigenvalue weighted by atomic mass is 10.0. The molecule has 0 aromatic carbocycles. The van der Waals surface area contributed by atoms with Gasteiger partial charge < -0.3 is 19.5 Å². The highest BCUT2D eigenvalue weighted by molar-refractivity contribution is 5.69. The quantitative estimate of drug-likeness (QED) is 0.355. The van der Waals surface area contributed by atoms with Gasteiger partial charge in [-0.25, -0.2) is 0 Å². The summed E-state index contributed by atoms with van der Waals surface area (Å²) in [7, 11) is 0. The highest BCUT2D eigenvalue weighted by atomic mass is 16.4. The maximum absolute atomic E-state index is 11.4. The molecule has 0 saturated carbocycles. The van der Waals surface area contributed by atoms with Gasteiger partial charge in [0.1, 0.15) is 18.7 Å². The molecule has 2 unspecified atom stereocenters. The first-order chi connectivity index (χ1) is 9.47. The Morgan fingerprint density at radius 2 is 1.90 bits per heavy atom. The van der Waals surface area contributed by atoms with E-state index in [1.54, 1.807) is 0 Å². The Bertz CT molecular complexity index is 298. The van der Waals surface area contributed by atoms with Gasteiger partial charge in [-0.1, -0.05) is 19.1 Å². The predicted octanol–water partition coefficient (Wildman–Crippen LogP) is 1.48. The molecule has 0 bridgehead atoms. The lowest BCUT2D eigenvalue weighted by Gasteiger charge is -2.45. The summed E-state index contributed by atoms with van der Waals surface area (Å²) in [5, 5.41) is 21.6. The fourth-order valence-corrected chi connectivity index (χ4v) is 2.98. The number of hydrogen-bond donors (Lipinski definition) is 1. The largest absolute Gasteiger partial charge is 0.544 e. The van der Waals surface area contributed by atoms with Crippen molar-refractivity contribution in [3.8, 4) is 0 Å². The zero-order chi connectivity index (χ0) is 15.6. The van der Waals surface area contributed by atoms with E-state index in [0.29, 0.717) is 37.0 Å². The minimum Gasteiger partial charge on any atom is -0.544 e. The summed E-state index contributed by atoms with van der Waals surface area (Å²) in [5.74, 6) is -1.00. The van der Waals surface area contributed by atoms with Crippen LogP contribution in [0.2, 0.25) is 0 Å². The first-order valence-electron chi connectivity index (χ1n) is 7.83. The van der Waals surface area contributed by atoms with Crippen LogP contribution in [0.15, 0.2) is 12.2 Å². The van der Waals surface area contributed by atoms with E-state index in [1.807, 2.05) is 33.8 Å². The van der Waals surface area contributed by atoms with Crippen molar-refractivity contribution in [3.63, 3.8) is 0 Å². The average Bonchev–Trinajstić information content (AvgIpc) is 2.42. The number of carboxylic acid groups (broad SMARTS) is 1. The smallest absolute Gasteiger partial charge is 0.129 e. The Balaban J connectivity index is 4.69. The molecule has 0 aromatic heterocycles. The van der Waals surface area contributed by atoms with Crippen LogP contribution in [-0.4, -0.2) is 47.3 Å². The number of rotatable bonds is 11. The van der Waals surface area contributed by atoms with Gasteiger partial charge in [0.2, 0.25) is 0 Å². The second-order valence-electron chi connectivity index (χ2n) is 5.43. The molecule has 4 heteroatoms. The zero-order valence-electron chi connectivity index (χ0n) is 13.5. The Kier molecular flexibility index (Phi) is 9.51. The summed E-state index contributed by atoms with van der Waals surface area (Å²) < 4.78 is 0.406. The number of carbonyl (C=O) groups is 1. The van der Waals surface area contributed by atoms with Gasteiger partial charge in [-0.2, -0.15) is 0 Å². The maximum atomic E-state index is 11.4. The average molecular weight is 285 g/mol. The molecule has 0 rings (SSSR count). The number of likely N-dealkylation sites (N-methyl/N-ethyl adjacent to an activating group) is 1. The molecule has 0 saturated heterocycles. The van der Waals surface area contributed by atoms with Crippen molar-refractivity contribution in [1.82, 2.24) is 0 Å². The molecule has 2 atom stereocenters. The second kappa shape index (κ2) is 9.94. The normalized spacial score (nSPS) is 15.4. The first-order valence-corrected chi connectivity index (χ1v) is 7.83. The van der Waals surface area contributed by atoms with Crippen molar-refractivity contribution in [2.45, 2.75) is 65.5 Å². The maximum Gasteiger partial charge on any atom is 0.129 e. The number of aliphatic hydroxyl groups excluding tert-OH is 1. The highest BCUT2D eigenvalue weighted by Crippen LogP contribution is 2.19. The van der Waals surface area contributed by atoms with Crippen LogP contribution in [0.4, 0.5) is 0 Å². The Morgan fingerprint density at radius 3 is 2.30 bits per heavy atom. The van der Waals surface area contributed by atoms with Crippen LogP contribution < -0.4 is 5.11 Å². The number of allylic oxidation sites excluding steroid dienone is 2. The summed E-state index contributed by atoms with van der Waals surface area (Å²) >= 11 is 0. The molecular formula is C16H31NO3. The highest BCUT2D eigenvalue weighted by Gasteiger charge is 2.35. The summed E-state index contributed by atoms with van der Waals surface area (Å²) in [4.78, 5) is 11.4. The van der Waals surface area contributed by atoms with Crippen LogP contribution in [0.3, 0.4) is 0 Å². The van der Waals surface area contributed by atoms with Crippen molar-refractivity contribution >= 4 is 5.97 Å². The van der Waals surface area contributed by atoms with Crippen LogP contribution in [0.1, 0.15) is 53.4 Å². The third kappa shape index (κ3) is 5.63. The number of quaternary nitrogens is 1. The van der Waals surface area contributed by atoms with Gasteiger partial charge in [0.15, 0.2) is 0 Å². The molecule has 0 heterocycles. The molecule has 0 radical (unpaired) electrons. The molecule has 4 nitrogen and oxygen atoms in total. The van der Waals surface area contributed by atoms with Crippen molar-refractivity contribution in [3.05, 3.63) is 12.2 Å². The molecule has 20 heavy (non-hydrogen) atoms. The molecule has 0 aromatic rings. The number of hydrogen-bond acceptors (Lipinski definition) is 3. The summed E-state index contributed by atoms with van der Waals surface area (Å²) in [6, 6.07) is -0.532. The van der Waals surface area contributed by atoms with Crippen molar-refractivity contribution in [2.24, 2.45) is 0 Å². The molecule has 0 spiro atoms. The van der Waals surface area contributed by atoms with E-state index in [4.69, 9.17) is 0 Å². The van der Waals surface area contributed by atoms with Gasteiger partial charge in [-0.3, -0.25) is 0 Å². The number of aliphatic carboxylic acids is 1. The van der Waals surface area contributed by atoms with E-state index >= 15 is 0 Å². The molecule has 0 aliphatic rings. The number of unbranched alkanes of at least 4 members (excludes halogenated alkanes) is 1. The lowest BCUT2D eigenvalue weighted by Crippen LogP contribution is -2.63. The standard InChI is InChI=1S/C16H31NO3/c1-5-9-10-11-12-14(18)13-17(7-3,8-4)15(6-2)16(19)20/h5,9,14-15,18H,6-8,10-13H2,1-4H3/b9-5+. The second-order valence-corrected chi connectivity index (χ2v) is 5.43. The number of aliphatic hydroxyl groups is 1. The van der Waals surface area contributed by atoms with Crippen molar-refractivity contribution < 1.29 is 19.5 Å². The molecule has 0 amide bonds. The number of carbonyl (C=O) groups excluding carboxylic acids is 1. The van der Waals surface area contributed by atoms with Gasteiger partial charge in [0.05, 0.1) is 19.1 Å². The van der Waals surface area contributed by atoms with Gasteiger partial charge in [-0.15, -0.1) is 0 Å². The fourth-order valence-electron chi connectivity index (χ4n) is 2.98. The zero-order valence-corrected chi connectivity index (χ0v) is 13.5. The molecule has 118 valence electrons. The van der Waals surface area contributed by atoms with E-state index in [0.717, 1.165) is 12.8 Å². The van der Waals surface area contributed by atoms with Crippen LogP contribution >= 0.6 is 0 Å². The van der Waals surface area contributed by atoms with E-state index in [9.17, 15) is 15.0 Å². The van der Waals surface area contributed by atoms with Crippen LogP contribution in [-0.2, 0) is 4.79 Å². The first kappa shape index (κ1) is 19.1. The molecule has 0 aliphatic heterocycles. The third-order valence-corrected chi connectivity index (χ3v) is 4.30. The topological polar surface area (TPSA) is 60.4 Å². The minimum absolute atomic E-state index is 0.406. The summed E-state index contributed by atoms with van der Waals surface area (Å²) in [6.45, 7) is 9.73. The monoisotopic (exact) mass is 285 g/mol. The van der Waals surface area contributed by atoms with Crippen molar-refractivity contribution in [2.75, 3.05) is 19.6 Å². The Labute approximate surface area is 123 Å². The van der Waals surface area contributed by atoms with Crippen molar-refractivity contribution in [1.29, 1.82) is 0 Å². The van der Waals surface area contributed by atoms with Gasteiger partial charge in [-0.05, 0) is 40.0 Å². The van der Waals surface area contributed by atoms with Crippen LogP contribution in [0.5, 0.6) is 0 Å².